The molecule has 0 bridgehead atoms. The second kappa shape index (κ2) is 9.04. The predicted molar refractivity (Wildman–Crippen MR) is 101 cm³/mol. The molecule has 2 fully saturated rings. The fourth-order valence-corrected chi connectivity index (χ4v) is 3.71. The van der Waals surface area contributed by atoms with Crippen molar-refractivity contribution in [1.82, 2.24) is 15.1 Å². The maximum atomic E-state index is 12.7. The second-order valence-corrected chi connectivity index (χ2v) is 7.25. The van der Waals surface area contributed by atoms with Gasteiger partial charge >= 0.3 is 0 Å². The van der Waals surface area contributed by atoms with Crippen molar-refractivity contribution in [2.75, 3.05) is 39.3 Å². The van der Waals surface area contributed by atoms with Gasteiger partial charge in [0.1, 0.15) is 0 Å². The number of amides is 1. The molecule has 1 atom stereocenters. The molecule has 0 aromatic heterocycles. The highest BCUT2D eigenvalue weighted by molar-refractivity contribution is 6.30. The van der Waals surface area contributed by atoms with Crippen molar-refractivity contribution >= 4 is 29.9 Å². The Morgan fingerprint density at radius 3 is 2.75 bits per heavy atom. The molecule has 4 nitrogen and oxygen atoms in total. The topological polar surface area (TPSA) is 35.6 Å². The first-order chi connectivity index (χ1) is 11.1. The van der Waals surface area contributed by atoms with Gasteiger partial charge in [-0.15, -0.1) is 12.4 Å². The van der Waals surface area contributed by atoms with Crippen LogP contribution >= 0.6 is 24.0 Å². The van der Waals surface area contributed by atoms with Crippen LogP contribution in [0.1, 0.15) is 31.4 Å². The van der Waals surface area contributed by atoms with Crippen LogP contribution in [0.15, 0.2) is 24.3 Å². The molecular weight excluding hydrogens is 345 g/mol. The maximum Gasteiger partial charge on any atom is 0.236 e. The number of carbonyl (C=O) groups is 1. The summed E-state index contributed by atoms with van der Waals surface area (Å²) in [4.78, 5) is 17.0. The van der Waals surface area contributed by atoms with Crippen molar-refractivity contribution in [3.63, 3.8) is 0 Å². The summed E-state index contributed by atoms with van der Waals surface area (Å²) < 4.78 is 0. The molecule has 134 valence electrons. The second-order valence-electron chi connectivity index (χ2n) is 6.81. The molecule has 0 saturated carbocycles. The van der Waals surface area contributed by atoms with E-state index in [0.29, 0.717) is 6.54 Å². The van der Waals surface area contributed by atoms with Gasteiger partial charge in [0, 0.05) is 43.8 Å². The van der Waals surface area contributed by atoms with Crippen LogP contribution in [-0.2, 0) is 4.79 Å². The molecule has 24 heavy (non-hydrogen) atoms. The van der Waals surface area contributed by atoms with Crippen LogP contribution in [0.2, 0.25) is 5.02 Å². The highest BCUT2D eigenvalue weighted by Gasteiger charge is 2.28. The van der Waals surface area contributed by atoms with Gasteiger partial charge in [-0.1, -0.05) is 30.7 Å². The molecule has 2 aliphatic heterocycles. The average molecular weight is 372 g/mol. The van der Waals surface area contributed by atoms with Crippen molar-refractivity contribution in [2.24, 2.45) is 5.92 Å². The van der Waals surface area contributed by atoms with Crippen LogP contribution < -0.4 is 5.32 Å². The lowest BCUT2D eigenvalue weighted by atomic mass is 9.99. The van der Waals surface area contributed by atoms with E-state index in [1.807, 2.05) is 23.1 Å². The van der Waals surface area contributed by atoms with Crippen LogP contribution in [0.5, 0.6) is 0 Å². The minimum atomic E-state index is 0. The lowest BCUT2D eigenvalue weighted by Gasteiger charge is -2.38. The minimum Gasteiger partial charge on any atom is -0.342 e. The highest BCUT2D eigenvalue weighted by Crippen LogP contribution is 2.25. The van der Waals surface area contributed by atoms with Gasteiger partial charge in [0.2, 0.25) is 5.91 Å². The smallest absolute Gasteiger partial charge is 0.236 e. The number of nitrogens with one attached hydrogen (secondary N) is 1. The molecule has 6 heteroatoms. The summed E-state index contributed by atoms with van der Waals surface area (Å²) in [7, 11) is 0. The standard InChI is InChI=1S/C18H26ClN3O.ClH/c1-14-5-8-21(9-6-14)18(23)13-22-10-7-20-12-17(22)15-3-2-4-16(19)11-15;/h2-4,11,14,17,20H,5-10,12-13H2,1H3;1H. The minimum absolute atomic E-state index is 0. The summed E-state index contributed by atoms with van der Waals surface area (Å²) in [6, 6.07) is 8.21. The predicted octanol–water partition coefficient (Wildman–Crippen LogP) is 2.97. The summed E-state index contributed by atoms with van der Waals surface area (Å²) >= 11 is 6.14. The van der Waals surface area contributed by atoms with Crippen molar-refractivity contribution in [2.45, 2.75) is 25.8 Å². The molecule has 1 aromatic carbocycles. The Kier molecular flexibility index (Phi) is 7.35. The van der Waals surface area contributed by atoms with E-state index >= 15 is 0 Å². The van der Waals surface area contributed by atoms with E-state index < -0.39 is 0 Å². The fraction of sp³-hybridized carbons (Fsp3) is 0.611. The Hall–Kier alpha value is -0.810. The molecule has 0 radical (unpaired) electrons. The molecule has 2 saturated heterocycles. The number of nitrogens with zero attached hydrogens (tertiary/aromatic N) is 2. The van der Waals surface area contributed by atoms with Gasteiger partial charge in [0.15, 0.2) is 0 Å². The van der Waals surface area contributed by atoms with Gasteiger partial charge in [-0.25, -0.2) is 0 Å². The van der Waals surface area contributed by atoms with Crippen LogP contribution in [0.25, 0.3) is 0 Å². The number of piperidine rings is 1. The van der Waals surface area contributed by atoms with Crippen molar-refractivity contribution in [1.29, 1.82) is 0 Å². The number of likely N-dealkylation sites (tertiary alicyclic amines) is 1. The number of rotatable bonds is 3. The van der Waals surface area contributed by atoms with E-state index in [9.17, 15) is 4.79 Å². The van der Waals surface area contributed by atoms with E-state index in [0.717, 1.165) is 56.5 Å². The van der Waals surface area contributed by atoms with Gasteiger partial charge in [0.05, 0.1) is 6.54 Å². The molecule has 2 aliphatic rings. The number of carbonyl (C=O) groups excluding carboxylic acids is 1. The Morgan fingerprint density at radius 2 is 2.04 bits per heavy atom. The molecule has 1 unspecified atom stereocenters. The maximum absolute atomic E-state index is 12.7. The van der Waals surface area contributed by atoms with Gasteiger partial charge in [-0.2, -0.15) is 0 Å². The SMILES string of the molecule is CC1CCN(C(=O)CN2CCNCC2c2cccc(Cl)c2)CC1.Cl. The molecule has 3 rings (SSSR count). The lowest BCUT2D eigenvalue weighted by Crippen LogP contribution is -2.51. The zero-order valence-electron chi connectivity index (χ0n) is 14.2. The summed E-state index contributed by atoms with van der Waals surface area (Å²) in [6.07, 6.45) is 2.26. The first-order valence-electron chi connectivity index (χ1n) is 8.61. The number of hydrogen-bond acceptors (Lipinski definition) is 3. The molecule has 1 aromatic rings. The van der Waals surface area contributed by atoms with E-state index in [4.69, 9.17) is 11.6 Å². The highest BCUT2D eigenvalue weighted by atomic mass is 35.5. The third-order valence-electron chi connectivity index (χ3n) is 5.06. The van der Waals surface area contributed by atoms with Crippen molar-refractivity contribution in [3.05, 3.63) is 34.9 Å². The van der Waals surface area contributed by atoms with E-state index in [1.54, 1.807) is 0 Å². The van der Waals surface area contributed by atoms with Gasteiger partial charge in [0.25, 0.3) is 0 Å². The van der Waals surface area contributed by atoms with Gasteiger partial charge in [-0.05, 0) is 36.5 Å². The quantitative estimate of drug-likeness (QED) is 0.886. The molecule has 1 N–H and O–H groups in total. The van der Waals surface area contributed by atoms with Crippen molar-refractivity contribution in [3.8, 4) is 0 Å². The third-order valence-corrected chi connectivity index (χ3v) is 5.30. The number of hydrogen-bond donors (Lipinski definition) is 1. The molecule has 2 heterocycles. The largest absolute Gasteiger partial charge is 0.342 e. The van der Waals surface area contributed by atoms with Crippen LogP contribution in [-0.4, -0.2) is 55.0 Å². The first kappa shape index (κ1) is 19.5. The fourth-order valence-electron chi connectivity index (χ4n) is 3.51. The van der Waals surface area contributed by atoms with Gasteiger partial charge < -0.3 is 10.2 Å². The normalized spacial score (nSPS) is 22.9. The Balaban J connectivity index is 0.00000208. The van der Waals surface area contributed by atoms with Crippen LogP contribution in [0, 0.1) is 5.92 Å². The Bertz CT molecular complexity index is 547. The average Bonchev–Trinajstić information content (AvgIpc) is 2.56. The zero-order valence-corrected chi connectivity index (χ0v) is 15.8. The zero-order chi connectivity index (χ0) is 16.2. The monoisotopic (exact) mass is 371 g/mol. The summed E-state index contributed by atoms with van der Waals surface area (Å²) in [5, 5.41) is 4.19. The van der Waals surface area contributed by atoms with Crippen molar-refractivity contribution < 1.29 is 4.79 Å². The lowest BCUT2D eigenvalue weighted by molar-refractivity contribution is -0.134. The number of piperazine rings is 1. The Labute approximate surface area is 155 Å². The molecular formula is C18H27Cl2N3O. The number of benzene rings is 1. The molecule has 1 amide bonds. The number of halogens is 2. The van der Waals surface area contributed by atoms with E-state index in [2.05, 4.69) is 23.2 Å². The van der Waals surface area contributed by atoms with E-state index in [1.165, 1.54) is 5.56 Å². The summed E-state index contributed by atoms with van der Waals surface area (Å²) in [5.74, 6) is 1.02. The molecule has 0 spiro atoms. The van der Waals surface area contributed by atoms with Crippen LogP contribution in [0.4, 0.5) is 0 Å². The van der Waals surface area contributed by atoms with E-state index in [-0.39, 0.29) is 24.4 Å². The summed E-state index contributed by atoms with van der Waals surface area (Å²) in [6.45, 7) is 7.29. The van der Waals surface area contributed by atoms with Crippen LogP contribution in [0.3, 0.4) is 0 Å². The first-order valence-corrected chi connectivity index (χ1v) is 8.99. The summed E-state index contributed by atoms with van der Waals surface area (Å²) in [5.41, 5.74) is 1.18. The Morgan fingerprint density at radius 1 is 1.29 bits per heavy atom. The van der Waals surface area contributed by atoms with Gasteiger partial charge in [-0.3, -0.25) is 9.69 Å². The molecule has 0 aliphatic carbocycles. The third kappa shape index (κ3) is 4.85.